The third kappa shape index (κ3) is 8.23. The number of carbonyl (C=O) groups is 3. The number of carboxylic acid groups (broad SMARTS) is 1. The zero-order valence-corrected chi connectivity index (χ0v) is 14.4. The molecule has 0 aromatic heterocycles. The summed E-state index contributed by atoms with van der Waals surface area (Å²) in [5.41, 5.74) is 5.74. The first-order valence-corrected chi connectivity index (χ1v) is 8.66. The lowest BCUT2D eigenvalue weighted by Gasteiger charge is -2.20. The third-order valence-electron chi connectivity index (χ3n) is 3.04. The van der Waals surface area contributed by atoms with Gasteiger partial charge in [-0.25, -0.2) is 4.79 Å². The summed E-state index contributed by atoms with van der Waals surface area (Å²) in [4.78, 5) is 34.9. The van der Waals surface area contributed by atoms with Gasteiger partial charge < -0.3 is 21.5 Å². The molecule has 0 aromatic carbocycles. The van der Waals surface area contributed by atoms with Crippen LogP contribution in [0.1, 0.15) is 33.6 Å². The Morgan fingerprint density at radius 2 is 1.73 bits per heavy atom. The Hall–Kier alpha value is -1.28. The van der Waals surface area contributed by atoms with E-state index in [9.17, 15) is 14.4 Å². The minimum atomic E-state index is -1.09. The first-order chi connectivity index (χ1) is 10.2. The van der Waals surface area contributed by atoms with Crippen LogP contribution in [0, 0.1) is 5.92 Å². The maximum Gasteiger partial charge on any atom is 0.326 e. The SMILES string of the molecule is CSCC[C@H](NC(=O)[C@H](C)NC(=O)[C@@H](N)CC(C)C)C(=O)O. The van der Waals surface area contributed by atoms with Crippen LogP contribution < -0.4 is 16.4 Å². The van der Waals surface area contributed by atoms with Gasteiger partial charge in [0.25, 0.3) is 0 Å². The van der Waals surface area contributed by atoms with E-state index in [1.807, 2.05) is 20.1 Å². The highest BCUT2D eigenvalue weighted by atomic mass is 32.2. The van der Waals surface area contributed by atoms with Crippen molar-refractivity contribution in [1.29, 1.82) is 0 Å². The summed E-state index contributed by atoms with van der Waals surface area (Å²) in [6.45, 7) is 5.40. The average molecular weight is 333 g/mol. The van der Waals surface area contributed by atoms with E-state index >= 15 is 0 Å². The fraction of sp³-hybridized carbons (Fsp3) is 0.786. The molecule has 0 saturated heterocycles. The minimum Gasteiger partial charge on any atom is -0.480 e. The van der Waals surface area contributed by atoms with E-state index in [2.05, 4.69) is 10.6 Å². The Balaban J connectivity index is 4.45. The Labute approximate surface area is 135 Å². The maximum atomic E-state index is 12.0. The maximum absolute atomic E-state index is 12.0. The average Bonchev–Trinajstić information content (AvgIpc) is 2.41. The Morgan fingerprint density at radius 1 is 1.14 bits per heavy atom. The van der Waals surface area contributed by atoms with Gasteiger partial charge in [0.1, 0.15) is 12.1 Å². The molecule has 5 N–H and O–H groups in total. The fourth-order valence-corrected chi connectivity index (χ4v) is 2.26. The van der Waals surface area contributed by atoms with Crippen LogP contribution in [-0.2, 0) is 14.4 Å². The van der Waals surface area contributed by atoms with Gasteiger partial charge >= 0.3 is 5.97 Å². The number of amides is 2. The molecule has 0 fully saturated rings. The van der Waals surface area contributed by atoms with Crippen LogP contribution >= 0.6 is 11.8 Å². The van der Waals surface area contributed by atoms with Crippen molar-refractivity contribution in [2.45, 2.75) is 51.7 Å². The summed E-state index contributed by atoms with van der Waals surface area (Å²) in [6, 6.07) is -2.47. The number of nitrogens with two attached hydrogens (primary N) is 1. The Bertz CT molecular complexity index is 390. The van der Waals surface area contributed by atoms with E-state index in [1.165, 1.54) is 18.7 Å². The molecule has 2 amide bonds. The smallest absolute Gasteiger partial charge is 0.326 e. The highest BCUT2D eigenvalue weighted by molar-refractivity contribution is 7.98. The molecule has 0 bridgehead atoms. The van der Waals surface area contributed by atoms with Gasteiger partial charge in [0.2, 0.25) is 11.8 Å². The van der Waals surface area contributed by atoms with E-state index in [-0.39, 0.29) is 5.92 Å². The number of hydrogen-bond acceptors (Lipinski definition) is 5. The van der Waals surface area contributed by atoms with Gasteiger partial charge in [-0.1, -0.05) is 13.8 Å². The molecular weight excluding hydrogens is 306 g/mol. The summed E-state index contributed by atoms with van der Waals surface area (Å²) >= 11 is 1.50. The monoisotopic (exact) mass is 333 g/mol. The van der Waals surface area contributed by atoms with E-state index in [1.54, 1.807) is 0 Å². The summed E-state index contributed by atoms with van der Waals surface area (Å²) in [7, 11) is 0. The number of rotatable bonds is 10. The van der Waals surface area contributed by atoms with Crippen molar-refractivity contribution in [3.05, 3.63) is 0 Å². The van der Waals surface area contributed by atoms with Gasteiger partial charge in [-0.05, 0) is 37.7 Å². The van der Waals surface area contributed by atoms with Gasteiger partial charge in [-0.3, -0.25) is 9.59 Å². The van der Waals surface area contributed by atoms with Crippen molar-refractivity contribution < 1.29 is 19.5 Å². The largest absolute Gasteiger partial charge is 0.480 e. The lowest BCUT2D eigenvalue weighted by Crippen LogP contribution is -2.53. The summed E-state index contributed by atoms with van der Waals surface area (Å²) in [5, 5.41) is 14.0. The van der Waals surface area contributed by atoms with Crippen molar-refractivity contribution in [2.75, 3.05) is 12.0 Å². The molecule has 0 aliphatic rings. The van der Waals surface area contributed by atoms with Crippen molar-refractivity contribution in [3.63, 3.8) is 0 Å². The zero-order chi connectivity index (χ0) is 17.3. The van der Waals surface area contributed by atoms with Crippen LogP contribution in [0.15, 0.2) is 0 Å². The highest BCUT2D eigenvalue weighted by Crippen LogP contribution is 2.04. The van der Waals surface area contributed by atoms with E-state index < -0.39 is 35.9 Å². The molecule has 7 nitrogen and oxygen atoms in total. The fourth-order valence-electron chi connectivity index (χ4n) is 1.79. The van der Waals surface area contributed by atoms with Crippen LogP contribution in [0.3, 0.4) is 0 Å². The van der Waals surface area contributed by atoms with Crippen molar-refractivity contribution >= 4 is 29.5 Å². The topological polar surface area (TPSA) is 122 Å². The molecule has 0 unspecified atom stereocenters. The van der Waals surface area contributed by atoms with Crippen LogP contribution in [0.5, 0.6) is 0 Å². The molecular formula is C14H27N3O4S. The number of hydrogen-bond donors (Lipinski definition) is 4. The molecule has 0 saturated carbocycles. The number of thioether (sulfide) groups is 1. The third-order valence-corrected chi connectivity index (χ3v) is 3.68. The van der Waals surface area contributed by atoms with Gasteiger partial charge in [-0.15, -0.1) is 0 Å². The summed E-state index contributed by atoms with van der Waals surface area (Å²) in [5.74, 6) is -1.13. The van der Waals surface area contributed by atoms with E-state index in [0.29, 0.717) is 18.6 Å². The lowest BCUT2D eigenvalue weighted by molar-refractivity contribution is -0.142. The van der Waals surface area contributed by atoms with Crippen molar-refractivity contribution in [2.24, 2.45) is 11.7 Å². The predicted molar refractivity (Wildman–Crippen MR) is 87.6 cm³/mol. The first-order valence-electron chi connectivity index (χ1n) is 7.27. The number of carboxylic acids is 1. The van der Waals surface area contributed by atoms with Crippen molar-refractivity contribution in [3.8, 4) is 0 Å². The molecule has 0 aliphatic carbocycles. The van der Waals surface area contributed by atoms with Crippen LogP contribution in [0.25, 0.3) is 0 Å². The second-order valence-electron chi connectivity index (χ2n) is 5.65. The van der Waals surface area contributed by atoms with Crippen LogP contribution in [0.4, 0.5) is 0 Å². The molecule has 22 heavy (non-hydrogen) atoms. The van der Waals surface area contributed by atoms with Crippen molar-refractivity contribution in [1.82, 2.24) is 10.6 Å². The van der Waals surface area contributed by atoms with E-state index in [4.69, 9.17) is 10.8 Å². The van der Waals surface area contributed by atoms with Gasteiger partial charge in [0.05, 0.1) is 6.04 Å². The normalized spacial score (nSPS) is 15.0. The Morgan fingerprint density at radius 3 is 2.18 bits per heavy atom. The molecule has 0 rings (SSSR count). The second kappa shape index (κ2) is 10.4. The molecule has 0 spiro atoms. The van der Waals surface area contributed by atoms with Gasteiger partial charge in [0.15, 0.2) is 0 Å². The summed E-state index contributed by atoms with van der Waals surface area (Å²) < 4.78 is 0. The summed E-state index contributed by atoms with van der Waals surface area (Å²) in [6.07, 6.45) is 2.71. The molecule has 3 atom stereocenters. The lowest BCUT2D eigenvalue weighted by atomic mass is 10.0. The van der Waals surface area contributed by atoms with Crippen LogP contribution in [-0.4, -0.2) is 53.0 Å². The predicted octanol–water partition coefficient (Wildman–Crippen LogP) is 0.187. The van der Waals surface area contributed by atoms with E-state index in [0.717, 1.165) is 0 Å². The minimum absolute atomic E-state index is 0.271. The first kappa shape index (κ1) is 20.7. The molecule has 0 aromatic rings. The standard InChI is InChI=1S/C14H27N3O4S/c1-8(2)7-10(15)13(19)16-9(3)12(18)17-11(14(20)21)5-6-22-4/h8-11H,5-7,15H2,1-4H3,(H,16,19)(H,17,18)(H,20,21)/t9-,10-,11-/m0/s1. The molecule has 0 aliphatic heterocycles. The quantitative estimate of drug-likeness (QED) is 0.453. The highest BCUT2D eigenvalue weighted by Gasteiger charge is 2.25. The zero-order valence-electron chi connectivity index (χ0n) is 13.6. The molecule has 128 valence electrons. The molecule has 0 radical (unpaired) electrons. The second-order valence-corrected chi connectivity index (χ2v) is 6.63. The Kier molecular flexibility index (Phi) is 9.84. The molecule has 0 heterocycles. The number of carbonyl (C=O) groups excluding carboxylic acids is 2. The van der Waals surface area contributed by atoms with Crippen LogP contribution in [0.2, 0.25) is 0 Å². The number of aliphatic carboxylic acids is 1. The number of nitrogens with one attached hydrogen (secondary N) is 2. The van der Waals surface area contributed by atoms with Gasteiger partial charge in [-0.2, -0.15) is 11.8 Å². The van der Waals surface area contributed by atoms with Gasteiger partial charge in [0, 0.05) is 0 Å². The molecule has 8 heteroatoms.